The SMILES string of the molecule is CCC1COCCN1c1cc(C(F)(F)F)cc(N)n1. The summed E-state index contributed by atoms with van der Waals surface area (Å²) in [6, 6.07) is 1.93. The Balaban J connectivity index is 2.35. The van der Waals surface area contributed by atoms with Gasteiger partial charge in [0.1, 0.15) is 11.6 Å². The molecule has 0 aliphatic carbocycles. The van der Waals surface area contributed by atoms with Crippen LogP contribution >= 0.6 is 0 Å². The maximum atomic E-state index is 12.8. The summed E-state index contributed by atoms with van der Waals surface area (Å²) in [6.07, 6.45) is -3.64. The smallest absolute Gasteiger partial charge is 0.384 e. The lowest BCUT2D eigenvalue weighted by Gasteiger charge is -2.36. The molecular formula is C12H16F3N3O. The van der Waals surface area contributed by atoms with E-state index < -0.39 is 11.7 Å². The minimum atomic E-state index is -4.42. The first-order chi connectivity index (χ1) is 8.91. The largest absolute Gasteiger partial charge is 0.416 e. The third-order valence-electron chi connectivity index (χ3n) is 3.15. The molecule has 1 aromatic rings. The van der Waals surface area contributed by atoms with Gasteiger partial charge in [-0.05, 0) is 18.6 Å². The van der Waals surface area contributed by atoms with Gasteiger partial charge in [0.15, 0.2) is 0 Å². The summed E-state index contributed by atoms with van der Waals surface area (Å²) >= 11 is 0. The molecule has 1 aromatic heterocycles. The van der Waals surface area contributed by atoms with E-state index in [9.17, 15) is 13.2 Å². The fraction of sp³-hybridized carbons (Fsp3) is 0.583. The van der Waals surface area contributed by atoms with Crippen LogP contribution in [0.15, 0.2) is 12.1 Å². The maximum absolute atomic E-state index is 12.8. The van der Waals surface area contributed by atoms with Gasteiger partial charge in [-0.2, -0.15) is 13.2 Å². The standard InChI is InChI=1S/C12H16F3N3O/c1-2-9-7-19-4-3-18(9)11-6-8(12(13,14)15)5-10(16)17-11/h5-6,9H,2-4,7H2,1H3,(H2,16,17). The molecule has 1 atom stereocenters. The molecule has 0 spiro atoms. The number of rotatable bonds is 2. The van der Waals surface area contributed by atoms with Crippen LogP contribution < -0.4 is 10.6 Å². The Morgan fingerprint density at radius 1 is 1.47 bits per heavy atom. The van der Waals surface area contributed by atoms with Crippen molar-refractivity contribution >= 4 is 11.6 Å². The zero-order valence-electron chi connectivity index (χ0n) is 10.6. The van der Waals surface area contributed by atoms with Crippen LogP contribution in [-0.4, -0.2) is 30.8 Å². The van der Waals surface area contributed by atoms with Crippen molar-refractivity contribution in [1.29, 1.82) is 0 Å². The van der Waals surface area contributed by atoms with Crippen LogP contribution in [-0.2, 0) is 10.9 Å². The third-order valence-corrected chi connectivity index (χ3v) is 3.15. The van der Waals surface area contributed by atoms with Gasteiger partial charge in [-0.15, -0.1) is 0 Å². The molecule has 0 amide bonds. The number of ether oxygens (including phenoxy) is 1. The first-order valence-corrected chi connectivity index (χ1v) is 6.11. The molecule has 2 rings (SSSR count). The van der Waals surface area contributed by atoms with Crippen molar-refractivity contribution < 1.29 is 17.9 Å². The fourth-order valence-corrected chi connectivity index (χ4v) is 2.14. The first-order valence-electron chi connectivity index (χ1n) is 6.11. The third kappa shape index (κ3) is 3.09. The van der Waals surface area contributed by atoms with Gasteiger partial charge in [-0.3, -0.25) is 0 Å². The first kappa shape index (κ1) is 13.9. The van der Waals surface area contributed by atoms with Gasteiger partial charge < -0.3 is 15.4 Å². The van der Waals surface area contributed by atoms with Crippen molar-refractivity contribution in [2.75, 3.05) is 30.4 Å². The Morgan fingerprint density at radius 3 is 2.84 bits per heavy atom. The van der Waals surface area contributed by atoms with Crippen molar-refractivity contribution in [2.45, 2.75) is 25.6 Å². The predicted octanol–water partition coefficient (Wildman–Crippen LogP) is 2.30. The molecule has 7 heteroatoms. The van der Waals surface area contributed by atoms with Crippen molar-refractivity contribution in [3.8, 4) is 0 Å². The topological polar surface area (TPSA) is 51.4 Å². The number of nitrogens with two attached hydrogens (primary N) is 1. The summed E-state index contributed by atoms with van der Waals surface area (Å²) < 4.78 is 43.6. The number of anilines is 2. The van der Waals surface area contributed by atoms with E-state index in [1.54, 1.807) is 0 Å². The molecule has 19 heavy (non-hydrogen) atoms. The lowest BCUT2D eigenvalue weighted by molar-refractivity contribution is -0.137. The second kappa shape index (κ2) is 5.24. The van der Waals surface area contributed by atoms with E-state index in [1.165, 1.54) is 0 Å². The normalized spacial score (nSPS) is 20.6. The predicted molar refractivity (Wildman–Crippen MR) is 65.9 cm³/mol. The van der Waals surface area contributed by atoms with E-state index in [4.69, 9.17) is 10.5 Å². The van der Waals surface area contributed by atoms with Gasteiger partial charge in [0.05, 0.1) is 24.8 Å². The van der Waals surface area contributed by atoms with E-state index in [-0.39, 0.29) is 17.7 Å². The fourth-order valence-electron chi connectivity index (χ4n) is 2.14. The van der Waals surface area contributed by atoms with E-state index in [0.29, 0.717) is 19.8 Å². The molecule has 1 aliphatic heterocycles. The van der Waals surface area contributed by atoms with Crippen LogP contribution in [0.2, 0.25) is 0 Å². The number of aromatic nitrogens is 1. The molecule has 0 radical (unpaired) electrons. The average molecular weight is 275 g/mol. The minimum Gasteiger partial charge on any atom is -0.384 e. The number of hydrogen-bond donors (Lipinski definition) is 1. The van der Waals surface area contributed by atoms with Crippen LogP contribution in [0, 0.1) is 0 Å². The van der Waals surface area contributed by atoms with Crippen LogP contribution in [0.5, 0.6) is 0 Å². The van der Waals surface area contributed by atoms with Gasteiger partial charge in [0.25, 0.3) is 0 Å². The summed E-state index contributed by atoms with van der Waals surface area (Å²) in [5.41, 5.74) is 4.71. The molecule has 2 heterocycles. The summed E-state index contributed by atoms with van der Waals surface area (Å²) in [4.78, 5) is 5.85. The molecule has 1 saturated heterocycles. The monoisotopic (exact) mass is 275 g/mol. The Hall–Kier alpha value is -1.50. The second-order valence-electron chi connectivity index (χ2n) is 4.47. The van der Waals surface area contributed by atoms with Gasteiger partial charge in [-0.25, -0.2) is 4.98 Å². The molecule has 4 nitrogen and oxygen atoms in total. The lowest BCUT2D eigenvalue weighted by Crippen LogP contribution is -2.45. The second-order valence-corrected chi connectivity index (χ2v) is 4.47. The number of nitrogens with zero attached hydrogens (tertiary/aromatic N) is 2. The Morgan fingerprint density at radius 2 is 2.21 bits per heavy atom. The van der Waals surface area contributed by atoms with E-state index in [1.807, 2.05) is 11.8 Å². The zero-order chi connectivity index (χ0) is 14.0. The number of hydrogen-bond acceptors (Lipinski definition) is 4. The average Bonchev–Trinajstić information content (AvgIpc) is 2.37. The highest BCUT2D eigenvalue weighted by molar-refractivity contribution is 5.50. The lowest BCUT2D eigenvalue weighted by atomic mass is 10.1. The molecule has 106 valence electrons. The molecule has 1 unspecified atom stereocenters. The number of halogens is 3. The highest BCUT2D eigenvalue weighted by atomic mass is 19.4. The molecule has 2 N–H and O–H groups in total. The minimum absolute atomic E-state index is 0.0316. The van der Waals surface area contributed by atoms with Gasteiger partial charge in [0.2, 0.25) is 0 Å². The van der Waals surface area contributed by atoms with E-state index >= 15 is 0 Å². The Bertz CT molecular complexity index is 450. The number of pyridine rings is 1. The van der Waals surface area contributed by atoms with Crippen molar-refractivity contribution in [1.82, 2.24) is 4.98 Å². The quantitative estimate of drug-likeness (QED) is 0.899. The summed E-state index contributed by atoms with van der Waals surface area (Å²) in [5.74, 6) is 0.147. The molecule has 0 bridgehead atoms. The number of morpholine rings is 1. The van der Waals surface area contributed by atoms with E-state index in [2.05, 4.69) is 4.98 Å². The Kier molecular flexibility index (Phi) is 3.84. The molecular weight excluding hydrogens is 259 g/mol. The molecule has 0 saturated carbocycles. The van der Waals surface area contributed by atoms with Crippen molar-refractivity contribution in [3.63, 3.8) is 0 Å². The van der Waals surface area contributed by atoms with Gasteiger partial charge in [0, 0.05) is 6.54 Å². The van der Waals surface area contributed by atoms with Crippen LogP contribution in [0.3, 0.4) is 0 Å². The number of nitrogen functional groups attached to an aromatic ring is 1. The van der Waals surface area contributed by atoms with Gasteiger partial charge in [-0.1, -0.05) is 6.92 Å². The van der Waals surface area contributed by atoms with Crippen LogP contribution in [0.4, 0.5) is 24.8 Å². The molecule has 1 aliphatic rings. The van der Waals surface area contributed by atoms with E-state index in [0.717, 1.165) is 18.6 Å². The highest BCUT2D eigenvalue weighted by Gasteiger charge is 2.33. The van der Waals surface area contributed by atoms with Crippen molar-refractivity contribution in [3.05, 3.63) is 17.7 Å². The summed E-state index contributed by atoms with van der Waals surface area (Å²) in [5, 5.41) is 0. The highest BCUT2D eigenvalue weighted by Crippen LogP contribution is 2.33. The molecule has 0 aromatic carbocycles. The Labute approximate surface area is 109 Å². The maximum Gasteiger partial charge on any atom is 0.416 e. The van der Waals surface area contributed by atoms with Crippen LogP contribution in [0.1, 0.15) is 18.9 Å². The zero-order valence-corrected chi connectivity index (χ0v) is 10.6. The van der Waals surface area contributed by atoms with Crippen molar-refractivity contribution in [2.24, 2.45) is 0 Å². The molecule has 1 fully saturated rings. The summed E-state index contributed by atoms with van der Waals surface area (Å²) in [6.45, 7) is 3.46. The van der Waals surface area contributed by atoms with Gasteiger partial charge >= 0.3 is 6.18 Å². The number of alkyl halides is 3. The summed E-state index contributed by atoms with van der Waals surface area (Å²) in [7, 11) is 0. The van der Waals surface area contributed by atoms with Crippen LogP contribution in [0.25, 0.3) is 0 Å².